The molecule has 1 heterocycles. The third-order valence-corrected chi connectivity index (χ3v) is 14.0. The number of unbranched alkanes of at least 4 members (excludes halogenated alkanes) is 34. The fourth-order valence-electron chi connectivity index (χ4n) is 9.30. The maximum Gasteiger partial charge on any atom is 0.335 e. The van der Waals surface area contributed by atoms with Gasteiger partial charge in [-0.3, -0.25) is 14.4 Å². The minimum Gasteiger partial charge on any atom is -0.479 e. The number of hydrogen-bond acceptors (Lipinski definition) is 11. The standard InChI is InChI=1S/C61H110O12/c1-4-7-10-13-16-19-22-25-26-27-28-31-34-37-40-43-46-49-55(64)72-59-57(66)56(65)58(60(67)68)73-61(59)70-51-52(71-54(63)48-45-42-39-36-33-30-24-21-18-15-12-9-6-3)50-69-53(62)47-44-41-38-35-32-29-23-20-17-14-11-8-5-2/h20-21,23-24,52,56-59,61,65-66H,4-19,22,25-51H2,1-3H3,(H,67,68)/b23-20-,24-21-. The van der Waals surface area contributed by atoms with E-state index in [0.29, 0.717) is 19.3 Å². The molecule has 1 fully saturated rings. The molecule has 0 radical (unpaired) electrons. The lowest BCUT2D eigenvalue weighted by molar-refractivity contribution is -0.301. The van der Waals surface area contributed by atoms with Crippen molar-refractivity contribution in [1.29, 1.82) is 0 Å². The number of carbonyl (C=O) groups is 4. The molecule has 426 valence electrons. The molecule has 1 saturated heterocycles. The molecule has 0 aliphatic carbocycles. The van der Waals surface area contributed by atoms with Crippen LogP contribution >= 0.6 is 0 Å². The highest BCUT2D eigenvalue weighted by Crippen LogP contribution is 2.27. The molecule has 6 unspecified atom stereocenters. The van der Waals surface area contributed by atoms with Gasteiger partial charge in [0.15, 0.2) is 24.6 Å². The number of carboxylic acid groups (broad SMARTS) is 1. The van der Waals surface area contributed by atoms with Gasteiger partial charge in [-0.25, -0.2) is 4.79 Å². The summed E-state index contributed by atoms with van der Waals surface area (Å²) in [6.07, 6.45) is 44.3. The molecular weight excluding hydrogens is 925 g/mol. The van der Waals surface area contributed by atoms with E-state index >= 15 is 0 Å². The van der Waals surface area contributed by atoms with E-state index in [1.54, 1.807) is 0 Å². The molecular formula is C61H110O12. The fourth-order valence-corrected chi connectivity index (χ4v) is 9.30. The van der Waals surface area contributed by atoms with Gasteiger partial charge >= 0.3 is 23.9 Å². The van der Waals surface area contributed by atoms with E-state index in [4.69, 9.17) is 23.7 Å². The summed E-state index contributed by atoms with van der Waals surface area (Å²) in [6, 6.07) is 0. The quantitative estimate of drug-likeness (QED) is 0.0228. The number of aliphatic carboxylic acids is 1. The first-order valence-electron chi connectivity index (χ1n) is 30.3. The Morgan fingerprint density at radius 3 is 1.18 bits per heavy atom. The van der Waals surface area contributed by atoms with Crippen molar-refractivity contribution in [1.82, 2.24) is 0 Å². The van der Waals surface area contributed by atoms with E-state index in [-0.39, 0.29) is 25.9 Å². The van der Waals surface area contributed by atoms with Crippen LogP contribution in [0.3, 0.4) is 0 Å². The van der Waals surface area contributed by atoms with Crippen LogP contribution in [0.25, 0.3) is 0 Å². The van der Waals surface area contributed by atoms with Gasteiger partial charge in [-0.2, -0.15) is 0 Å². The minimum absolute atomic E-state index is 0.0655. The van der Waals surface area contributed by atoms with Gasteiger partial charge in [-0.05, 0) is 70.6 Å². The third-order valence-electron chi connectivity index (χ3n) is 14.0. The molecule has 1 aliphatic rings. The fraction of sp³-hybridized carbons (Fsp3) is 0.869. The number of aliphatic hydroxyl groups is 2. The zero-order valence-electron chi connectivity index (χ0n) is 46.9. The van der Waals surface area contributed by atoms with Crippen LogP contribution in [0.5, 0.6) is 0 Å². The molecule has 0 saturated carbocycles. The molecule has 1 aliphatic heterocycles. The Morgan fingerprint density at radius 1 is 0.438 bits per heavy atom. The van der Waals surface area contributed by atoms with Crippen LogP contribution in [0.1, 0.15) is 290 Å². The zero-order chi connectivity index (χ0) is 53.3. The largest absolute Gasteiger partial charge is 0.479 e. The minimum atomic E-state index is -1.90. The predicted octanol–water partition coefficient (Wildman–Crippen LogP) is 15.5. The van der Waals surface area contributed by atoms with E-state index in [9.17, 15) is 34.5 Å². The lowest BCUT2D eigenvalue weighted by atomic mass is 9.98. The number of allylic oxidation sites excluding steroid dienone is 4. The summed E-state index contributed by atoms with van der Waals surface area (Å²) in [7, 11) is 0. The van der Waals surface area contributed by atoms with E-state index in [0.717, 1.165) is 96.3 Å². The topological polar surface area (TPSA) is 175 Å². The van der Waals surface area contributed by atoms with E-state index in [1.807, 2.05) is 0 Å². The van der Waals surface area contributed by atoms with Crippen molar-refractivity contribution in [2.45, 2.75) is 327 Å². The molecule has 1 rings (SSSR count). The summed E-state index contributed by atoms with van der Waals surface area (Å²) >= 11 is 0. The Balaban J connectivity index is 2.67. The van der Waals surface area contributed by atoms with Crippen molar-refractivity contribution in [3.05, 3.63) is 24.3 Å². The van der Waals surface area contributed by atoms with Crippen LogP contribution in [0, 0.1) is 0 Å². The average Bonchev–Trinajstić information content (AvgIpc) is 3.37. The highest BCUT2D eigenvalue weighted by molar-refractivity contribution is 5.74. The molecule has 12 nitrogen and oxygen atoms in total. The maximum atomic E-state index is 13.1. The van der Waals surface area contributed by atoms with E-state index in [1.165, 1.54) is 135 Å². The first-order chi connectivity index (χ1) is 35.6. The van der Waals surface area contributed by atoms with Gasteiger partial charge in [-0.15, -0.1) is 0 Å². The molecule has 0 amide bonds. The highest BCUT2D eigenvalue weighted by Gasteiger charge is 2.50. The average molecular weight is 1040 g/mol. The van der Waals surface area contributed by atoms with Gasteiger partial charge in [0.1, 0.15) is 18.8 Å². The second-order valence-corrected chi connectivity index (χ2v) is 21.0. The lowest BCUT2D eigenvalue weighted by Crippen LogP contribution is -2.61. The summed E-state index contributed by atoms with van der Waals surface area (Å²) < 4.78 is 28.4. The number of ether oxygens (including phenoxy) is 5. The van der Waals surface area contributed by atoms with Gasteiger partial charge < -0.3 is 39.0 Å². The SMILES string of the molecule is CCCCCC/C=C\CCCCCCCC(=O)OCC(COC1OC(C(=O)O)C(O)C(O)C1OC(=O)CCCCCCCCCCCCCCCCCCC)OC(=O)CCCCCCC/C=C\CCCCCC. The number of carboxylic acids is 1. The summed E-state index contributed by atoms with van der Waals surface area (Å²) in [5.74, 6) is -3.11. The summed E-state index contributed by atoms with van der Waals surface area (Å²) in [5.41, 5.74) is 0. The van der Waals surface area contributed by atoms with Crippen LogP contribution < -0.4 is 0 Å². The van der Waals surface area contributed by atoms with E-state index in [2.05, 4.69) is 45.1 Å². The van der Waals surface area contributed by atoms with Gasteiger partial charge in [0, 0.05) is 19.3 Å². The van der Waals surface area contributed by atoms with Gasteiger partial charge in [0.05, 0.1) is 6.61 Å². The normalized spacial score (nSPS) is 18.4. The van der Waals surface area contributed by atoms with Crippen molar-refractivity contribution >= 4 is 23.9 Å². The molecule has 0 spiro atoms. The molecule has 3 N–H and O–H groups in total. The van der Waals surface area contributed by atoms with Crippen molar-refractivity contribution in [3.63, 3.8) is 0 Å². The lowest BCUT2D eigenvalue weighted by Gasteiger charge is -2.40. The van der Waals surface area contributed by atoms with Crippen LogP contribution in [0.2, 0.25) is 0 Å². The van der Waals surface area contributed by atoms with Gasteiger partial charge in [-0.1, -0.05) is 225 Å². The van der Waals surface area contributed by atoms with Gasteiger partial charge in [0.25, 0.3) is 0 Å². The molecule has 0 aromatic rings. The maximum absolute atomic E-state index is 13.1. The molecule has 0 aromatic carbocycles. The number of rotatable bonds is 52. The molecule has 0 bridgehead atoms. The molecule has 0 aromatic heterocycles. The summed E-state index contributed by atoms with van der Waals surface area (Å²) in [4.78, 5) is 51.1. The highest BCUT2D eigenvalue weighted by atomic mass is 16.7. The third kappa shape index (κ3) is 40.2. The second-order valence-electron chi connectivity index (χ2n) is 21.0. The first-order valence-corrected chi connectivity index (χ1v) is 30.3. The second kappa shape index (κ2) is 50.0. The summed E-state index contributed by atoms with van der Waals surface area (Å²) in [5, 5.41) is 31.5. The smallest absolute Gasteiger partial charge is 0.335 e. The van der Waals surface area contributed by atoms with Crippen LogP contribution in [0.15, 0.2) is 24.3 Å². The van der Waals surface area contributed by atoms with Crippen molar-refractivity contribution in [2.75, 3.05) is 13.2 Å². The Bertz CT molecular complexity index is 1370. The summed E-state index contributed by atoms with van der Waals surface area (Å²) in [6.45, 7) is 5.98. The number of carbonyl (C=O) groups excluding carboxylic acids is 3. The number of aliphatic hydroxyl groups excluding tert-OH is 2. The Labute approximate surface area is 445 Å². The molecule has 6 atom stereocenters. The van der Waals surface area contributed by atoms with Crippen molar-refractivity contribution < 1.29 is 58.2 Å². The van der Waals surface area contributed by atoms with Crippen LogP contribution in [-0.4, -0.2) is 89.2 Å². The van der Waals surface area contributed by atoms with Crippen LogP contribution in [-0.2, 0) is 42.9 Å². The van der Waals surface area contributed by atoms with Crippen LogP contribution in [0.4, 0.5) is 0 Å². The number of esters is 3. The Kier molecular flexibility index (Phi) is 46.8. The van der Waals surface area contributed by atoms with Crippen molar-refractivity contribution in [2.24, 2.45) is 0 Å². The van der Waals surface area contributed by atoms with Gasteiger partial charge in [0.2, 0.25) is 0 Å². The van der Waals surface area contributed by atoms with Crippen molar-refractivity contribution in [3.8, 4) is 0 Å². The Morgan fingerprint density at radius 2 is 0.781 bits per heavy atom. The molecule has 73 heavy (non-hydrogen) atoms. The zero-order valence-corrected chi connectivity index (χ0v) is 46.9. The first kappa shape index (κ1) is 68.2. The number of hydrogen-bond donors (Lipinski definition) is 3. The van der Waals surface area contributed by atoms with E-state index < -0.39 is 67.3 Å². The Hall–Kier alpha value is -2.80. The monoisotopic (exact) mass is 1030 g/mol. The predicted molar refractivity (Wildman–Crippen MR) is 294 cm³/mol. The molecule has 12 heteroatoms.